The molecule has 5 rings (SSSR count). The highest BCUT2D eigenvalue weighted by atomic mass is 35.5. The number of para-hydroxylation sites is 1. The zero-order chi connectivity index (χ0) is 22.1. The minimum atomic E-state index is -0.0445. The van der Waals surface area contributed by atoms with Crippen molar-refractivity contribution in [3.05, 3.63) is 99.8 Å². The molecule has 32 heavy (non-hydrogen) atoms. The van der Waals surface area contributed by atoms with Crippen LogP contribution in [0.1, 0.15) is 27.9 Å². The molecule has 2 aromatic carbocycles. The molecule has 0 saturated carbocycles. The van der Waals surface area contributed by atoms with Crippen molar-refractivity contribution in [2.75, 3.05) is 31.1 Å². The Morgan fingerprint density at radius 1 is 1.06 bits per heavy atom. The first-order valence-corrected chi connectivity index (χ1v) is 11.5. The lowest BCUT2D eigenvalue weighted by Gasteiger charge is -2.25. The number of amides is 1. The number of anilines is 1. The van der Waals surface area contributed by atoms with E-state index in [0.717, 1.165) is 42.3 Å². The molecular weight excluding hydrogens is 441 g/mol. The molecule has 0 N–H and O–H groups in total. The van der Waals surface area contributed by atoms with Crippen molar-refractivity contribution < 1.29 is 4.79 Å². The van der Waals surface area contributed by atoms with Gasteiger partial charge in [0.2, 0.25) is 0 Å². The number of carbonyl (C=O) groups excluding carboxylic acids is 1. The Labute approximate surface area is 198 Å². The Balaban J connectivity index is 1.34. The monoisotopic (exact) mass is 463 g/mol. The minimum Gasteiger partial charge on any atom is -0.307 e. The number of fused-ring (bicyclic) bond motifs is 2. The van der Waals surface area contributed by atoms with E-state index >= 15 is 0 Å². The van der Waals surface area contributed by atoms with Gasteiger partial charge in [0, 0.05) is 47.5 Å². The van der Waals surface area contributed by atoms with Crippen molar-refractivity contribution in [2.24, 2.45) is 0 Å². The molecule has 3 heterocycles. The van der Waals surface area contributed by atoms with Crippen molar-refractivity contribution >= 4 is 40.9 Å². The van der Waals surface area contributed by atoms with E-state index in [2.05, 4.69) is 34.2 Å². The summed E-state index contributed by atoms with van der Waals surface area (Å²) in [5, 5.41) is 1.08. The van der Waals surface area contributed by atoms with Gasteiger partial charge in [0.05, 0.1) is 0 Å². The van der Waals surface area contributed by atoms with E-state index in [9.17, 15) is 4.79 Å². The lowest BCUT2D eigenvalue weighted by atomic mass is 9.81. The molecule has 1 aromatic heterocycles. The zero-order valence-corrected chi connectivity index (χ0v) is 19.1. The van der Waals surface area contributed by atoms with Crippen LogP contribution in [-0.4, -0.2) is 42.0 Å². The molecule has 1 amide bonds. The second-order valence-electron chi connectivity index (χ2n) is 8.50. The topological polar surface area (TPSA) is 36.4 Å². The molecule has 1 atom stereocenters. The van der Waals surface area contributed by atoms with Crippen molar-refractivity contribution in [1.82, 2.24) is 9.88 Å². The summed E-state index contributed by atoms with van der Waals surface area (Å²) in [4.78, 5) is 21.7. The molecule has 1 unspecified atom stereocenters. The third-order valence-electron chi connectivity index (χ3n) is 6.42. The molecule has 0 aliphatic carbocycles. The Bertz CT molecular complexity index is 1180. The van der Waals surface area contributed by atoms with Gasteiger partial charge in [-0.1, -0.05) is 65.7 Å². The van der Waals surface area contributed by atoms with Crippen LogP contribution < -0.4 is 4.90 Å². The van der Waals surface area contributed by atoms with Gasteiger partial charge in [0.25, 0.3) is 5.91 Å². The summed E-state index contributed by atoms with van der Waals surface area (Å²) in [5.74, 6) is -0.0280. The highest BCUT2D eigenvalue weighted by molar-refractivity contribution is 6.30. The maximum atomic E-state index is 13.3. The van der Waals surface area contributed by atoms with Crippen LogP contribution in [0.5, 0.6) is 0 Å². The van der Waals surface area contributed by atoms with Crippen LogP contribution >= 0.6 is 23.2 Å². The number of hydrogen-bond acceptors (Lipinski definition) is 3. The highest BCUT2D eigenvalue weighted by Crippen LogP contribution is 2.46. The predicted octanol–water partition coefficient (Wildman–Crippen LogP) is 5.71. The van der Waals surface area contributed by atoms with Crippen LogP contribution in [0.25, 0.3) is 6.08 Å². The quantitative estimate of drug-likeness (QED) is 0.465. The second kappa shape index (κ2) is 8.70. The number of pyridine rings is 1. The first-order chi connectivity index (χ1) is 15.5. The summed E-state index contributed by atoms with van der Waals surface area (Å²) in [6.45, 7) is 3.49. The van der Waals surface area contributed by atoms with Gasteiger partial charge in [-0.25, -0.2) is 4.98 Å². The van der Waals surface area contributed by atoms with E-state index in [1.165, 1.54) is 5.56 Å². The van der Waals surface area contributed by atoms with E-state index < -0.39 is 0 Å². The zero-order valence-electron chi connectivity index (χ0n) is 17.5. The standard InChI is InChI=1S/C26H23Cl2N3O/c27-21-9-7-19(8-10-21)4-3-14-30-15-12-26(17-30)18-31(23-6-2-1-5-22(23)26)25(32)20-11-13-29-24(28)16-20/h1-11,13,16H,12,14-15,17-18H2. The van der Waals surface area contributed by atoms with Gasteiger partial charge in [-0.2, -0.15) is 0 Å². The predicted molar refractivity (Wildman–Crippen MR) is 131 cm³/mol. The summed E-state index contributed by atoms with van der Waals surface area (Å²) >= 11 is 12.0. The van der Waals surface area contributed by atoms with Crippen molar-refractivity contribution in [3.63, 3.8) is 0 Å². The third-order valence-corrected chi connectivity index (χ3v) is 6.88. The summed E-state index contributed by atoms with van der Waals surface area (Å²) in [5.41, 5.74) is 3.93. The fourth-order valence-electron chi connectivity index (χ4n) is 4.88. The van der Waals surface area contributed by atoms with Gasteiger partial charge < -0.3 is 4.90 Å². The van der Waals surface area contributed by atoms with Gasteiger partial charge in [-0.05, 0) is 54.4 Å². The lowest BCUT2D eigenvalue weighted by Crippen LogP contribution is -2.39. The fourth-order valence-corrected chi connectivity index (χ4v) is 5.18. The number of aromatic nitrogens is 1. The molecule has 1 saturated heterocycles. The molecule has 3 aromatic rings. The average Bonchev–Trinajstić information content (AvgIpc) is 3.36. The lowest BCUT2D eigenvalue weighted by molar-refractivity contribution is 0.0985. The third kappa shape index (κ3) is 4.06. The first kappa shape index (κ1) is 21.2. The van der Waals surface area contributed by atoms with Crippen LogP contribution in [0.15, 0.2) is 72.9 Å². The number of halogens is 2. The smallest absolute Gasteiger partial charge is 0.258 e. The molecule has 2 aliphatic rings. The number of hydrogen-bond donors (Lipinski definition) is 0. The van der Waals surface area contributed by atoms with Crippen molar-refractivity contribution in [2.45, 2.75) is 11.8 Å². The number of benzene rings is 2. The minimum absolute atomic E-state index is 0.0280. The van der Waals surface area contributed by atoms with Gasteiger partial charge in [-0.3, -0.25) is 9.69 Å². The Morgan fingerprint density at radius 3 is 2.69 bits per heavy atom. The molecule has 6 heteroatoms. The van der Waals surface area contributed by atoms with Crippen LogP contribution in [0.2, 0.25) is 10.2 Å². The molecule has 1 spiro atoms. The van der Waals surface area contributed by atoms with Crippen LogP contribution in [0.4, 0.5) is 5.69 Å². The van der Waals surface area contributed by atoms with E-state index in [1.807, 2.05) is 41.3 Å². The Hall–Kier alpha value is -2.66. The number of likely N-dealkylation sites (tertiary alicyclic amines) is 1. The van der Waals surface area contributed by atoms with E-state index in [4.69, 9.17) is 23.2 Å². The highest BCUT2D eigenvalue weighted by Gasteiger charge is 2.48. The number of carbonyl (C=O) groups is 1. The number of rotatable bonds is 4. The SMILES string of the molecule is O=C(c1ccnc(Cl)c1)N1CC2(CCN(CC=Cc3ccc(Cl)cc3)C2)c2ccccc21. The fraction of sp³-hybridized carbons (Fsp3) is 0.231. The van der Waals surface area contributed by atoms with E-state index in [0.29, 0.717) is 17.3 Å². The van der Waals surface area contributed by atoms with Gasteiger partial charge in [0.1, 0.15) is 5.15 Å². The van der Waals surface area contributed by atoms with E-state index in [-0.39, 0.29) is 11.3 Å². The normalized spacial score (nSPS) is 20.4. The number of nitrogens with zero attached hydrogens (tertiary/aromatic N) is 3. The maximum Gasteiger partial charge on any atom is 0.258 e. The average molecular weight is 464 g/mol. The molecule has 0 bridgehead atoms. The first-order valence-electron chi connectivity index (χ1n) is 10.7. The molecule has 4 nitrogen and oxygen atoms in total. The van der Waals surface area contributed by atoms with Gasteiger partial charge in [0.15, 0.2) is 0 Å². The molecule has 1 fully saturated rings. The van der Waals surface area contributed by atoms with Crippen LogP contribution in [-0.2, 0) is 5.41 Å². The summed E-state index contributed by atoms with van der Waals surface area (Å²) in [7, 11) is 0. The van der Waals surface area contributed by atoms with Crippen molar-refractivity contribution in [1.29, 1.82) is 0 Å². The van der Waals surface area contributed by atoms with E-state index in [1.54, 1.807) is 18.3 Å². The summed E-state index contributed by atoms with van der Waals surface area (Å²) in [6, 6.07) is 19.5. The molecular formula is C26H23Cl2N3O. The van der Waals surface area contributed by atoms with Gasteiger partial charge >= 0.3 is 0 Å². The summed E-state index contributed by atoms with van der Waals surface area (Å²) in [6.07, 6.45) is 6.94. The Kier molecular flexibility index (Phi) is 5.76. The van der Waals surface area contributed by atoms with Gasteiger partial charge in [-0.15, -0.1) is 0 Å². The van der Waals surface area contributed by atoms with Crippen LogP contribution in [0, 0.1) is 0 Å². The summed E-state index contributed by atoms with van der Waals surface area (Å²) < 4.78 is 0. The maximum absolute atomic E-state index is 13.3. The Morgan fingerprint density at radius 2 is 1.88 bits per heavy atom. The van der Waals surface area contributed by atoms with Crippen LogP contribution in [0.3, 0.4) is 0 Å². The molecule has 2 aliphatic heterocycles. The molecule has 0 radical (unpaired) electrons. The largest absolute Gasteiger partial charge is 0.307 e. The molecule has 162 valence electrons. The second-order valence-corrected chi connectivity index (χ2v) is 9.32. The van der Waals surface area contributed by atoms with Crippen molar-refractivity contribution in [3.8, 4) is 0 Å².